The van der Waals surface area contributed by atoms with Crippen LogP contribution in [0.1, 0.15) is 42.5 Å². The standard InChI is InChI=1S/C18H33N3/c1-6-21(10-7-9-20(4)5)11-8-18(19)17-13-15(2)12-16(3)14-17/h12-14,18H,6-11,19H2,1-5H3. The van der Waals surface area contributed by atoms with E-state index in [9.17, 15) is 0 Å². The van der Waals surface area contributed by atoms with E-state index in [1.165, 1.54) is 23.1 Å². The highest BCUT2D eigenvalue weighted by atomic mass is 15.1. The normalized spacial score (nSPS) is 13.1. The van der Waals surface area contributed by atoms with Crippen LogP contribution in [-0.4, -0.2) is 50.1 Å². The lowest BCUT2D eigenvalue weighted by Gasteiger charge is -2.23. The zero-order valence-electron chi connectivity index (χ0n) is 14.5. The molecule has 2 N–H and O–H groups in total. The second-order valence-corrected chi connectivity index (χ2v) is 6.41. The summed E-state index contributed by atoms with van der Waals surface area (Å²) in [6.45, 7) is 11.0. The predicted octanol–water partition coefficient (Wildman–Crippen LogP) is 2.97. The molecule has 0 saturated heterocycles. The molecular formula is C18H33N3. The molecule has 21 heavy (non-hydrogen) atoms. The summed E-state index contributed by atoms with van der Waals surface area (Å²) in [4.78, 5) is 4.75. The Kier molecular flexibility index (Phi) is 7.94. The third-order valence-corrected chi connectivity index (χ3v) is 3.96. The monoisotopic (exact) mass is 291 g/mol. The van der Waals surface area contributed by atoms with Crippen molar-refractivity contribution in [3.05, 3.63) is 34.9 Å². The molecule has 0 saturated carbocycles. The van der Waals surface area contributed by atoms with E-state index in [1.807, 2.05) is 0 Å². The van der Waals surface area contributed by atoms with Gasteiger partial charge in [0.15, 0.2) is 0 Å². The second-order valence-electron chi connectivity index (χ2n) is 6.41. The first-order chi connectivity index (χ1) is 9.92. The van der Waals surface area contributed by atoms with E-state index in [0.717, 1.165) is 32.6 Å². The summed E-state index contributed by atoms with van der Waals surface area (Å²) in [5.74, 6) is 0. The van der Waals surface area contributed by atoms with Gasteiger partial charge in [0.1, 0.15) is 0 Å². The van der Waals surface area contributed by atoms with Gasteiger partial charge in [0.25, 0.3) is 0 Å². The predicted molar refractivity (Wildman–Crippen MR) is 92.7 cm³/mol. The second kappa shape index (κ2) is 9.19. The van der Waals surface area contributed by atoms with Crippen LogP contribution in [-0.2, 0) is 0 Å². The molecule has 0 aliphatic carbocycles. The van der Waals surface area contributed by atoms with Gasteiger partial charge in [-0.15, -0.1) is 0 Å². The first kappa shape index (κ1) is 18.1. The third-order valence-electron chi connectivity index (χ3n) is 3.96. The number of nitrogens with two attached hydrogens (primary N) is 1. The Bertz CT molecular complexity index is 395. The molecule has 0 fully saturated rings. The van der Waals surface area contributed by atoms with Gasteiger partial charge in [-0.05, 0) is 72.5 Å². The van der Waals surface area contributed by atoms with E-state index in [-0.39, 0.29) is 6.04 Å². The Labute approximate surface area is 131 Å². The van der Waals surface area contributed by atoms with Crippen LogP contribution in [0.4, 0.5) is 0 Å². The fourth-order valence-electron chi connectivity index (χ4n) is 2.75. The van der Waals surface area contributed by atoms with E-state index in [1.54, 1.807) is 0 Å². The number of nitrogens with zero attached hydrogens (tertiary/aromatic N) is 2. The van der Waals surface area contributed by atoms with Crippen LogP contribution < -0.4 is 5.73 Å². The summed E-state index contributed by atoms with van der Waals surface area (Å²) < 4.78 is 0. The summed E-state index contributed by atoms with van der Waals surface area (Å²) >= 11 is 0. The Morgan fingerprint density at radius 3 is 2.14 bits per heavy atom. The first-order valence-corrected chi connectivity index (χ1v) is 8.13. The summed E-state index contributed by atoms with van der Waals surface area (Å²) in [5.41, 5.74) is 10.3. The molecule has 0 spiro atoms. The van der Waals surface area contributed by atoms with Gasteiger partial charge >= 0.3 is 0 Å². The molecule has 1 rings (SSSR count). The van der Waals surface area contributed by atoms with Crippen LogP contribution in [0.5, 0.6) is 0 Å². The molecule has 0 amide bonds. The minimum absolute atomic E-state index is 0.145. The van der Waals surface area contributed by atoms with E-state index in [0.29, 0.717) is 0 Å². The van der Waals surface area contributed by atoms with Crippen molar-refractivity contribution in [2.45, 2.75) is 39.7 Å². The lowest BCUT2D eigenvalue weighted by molar-refractivity contribution is 0.257. The highest BCUT2D eigenvalue weighted by Gasteiger charge is 2.10. The van der Waals surface area contributed by atoms with Gasteiger partial charge in [-0.25, -0.2) is 0 Å². The van der Waals surface area contributed by atoms with Gasteiger partial charge in [-0.2, -0.15) is 0 Å². The van der Waals surface area contributed by atoms with Gasteiger partial charge < -0.3 is 15.5 Å². The van der Waals surface area contributed by atoms with Gasteiger partial charge in [0.05, 0.1) is 0 Å². The lowest BCUT2D eigenvalue weighted by atomic mass is 9.99. The fourth-order valence-corrected chi connectivity index (χ4v) is 2.75. The average Bonchev–Trinajstić information content (AvgIpc) is 2.40. The van der Waals surface area contributed by atoms with Gasteiger partial charge in [0, 0.05) is 6.04 Å². The molecule has 1 aromatic carbocycles. The molecule has 0 bridgehead atoms. The molecule has 1 unspecified atom stereocenters. The largest absolute Gasteiger partial charge is 0.324 e. The van der Waals surface area contributed by atoms with Crippen molar-refractivity contribution in [3.63, 3.8) is 0 Å². The molecule has 3 nitrogen and oxygen atoms in total. The zero-order valence-corrected chi connectivity index (χ0v) is 14.5. The molecule has 0 aliphatic rings. The number of rotatable bonds is 9. The third kappa shape index (κ3) is 7.07. The van der Waals surface area contributed by atoms with Crippen LogP contribution in [0, 0.1) is 13.8 Å². The Morgan fingerprint density at radius 2 is 1.62 bits per heavy atom. The van der Waals surface area contributed by atoms with Crippen molar-refractivity contribution >= 4 is 0 Å². The molecular weight excluding hydrogens is 258 g/mol. The van der Waals surface area contributed by atoms with Crippen LogP contribution in [0.2, 0.25) is 0 Å². The number of hydrogen-bond donors (Lipinski definition) is 1. The van der Waals surface area contributed by atoms with Crippen molar-refractivity contribution in [2.24, 2.45) is 5.73 Å². The fraction of sp³-hybridized carbons (Fsp3) is 0.667. The number of aryl methyl sites for hydroxylation is 2. The molecule has 1 aromatic rings. The van der Waals surface area contributed by atoms with Crippen molar-refractivity contribution in [1.29, 1.82) is 0 Å². The van der Waals surface area contributed by atoms with Crippen molar-refractivity contribution in [3.8, 4) is 0 Å². The van der Waals surface area contributed by atoms with Crippen LogP contribution >= 0.6 is 0 Å². The van der Waals surface area contributed by atoms with Gasteiger partial charge in [-0.3, -0.25) is 0 Å². The van der Waals surface area contributed by atoms with E-state index in [4.69, 9.17) is 5.73 Å². The highest BCUT2D eigenvalue weighted by molar-refractivity contribution is 5.30. The molecule has 0 aromatic heterocycles. The van der Waals surface area contributed by atoms with E-state index >= 15 is 0 Å². The quantitative estimate of drug-likeness (QED) is 0.759. The summed E-state index contributed by atoms with van der Waals surface area (Å²) in [6, 6.07) is 6.79. The maximum absolute atomic E-state index is 6.38. The molecule has 0 aliphatic heterocycles. The summed E-state index contributed by atoms with van der Waals surface area (Å²) in [7, 11) is 4.26. The maximum atomic E-state index is 6.38. The minimum atomic E-state index is 0.145. The van der Waals surface area contributed by atoms with E-state index in [2.05, 4.69) is 62.9 Å². The van der Waals surface area contributed by atoms with Crippen molar-refractivity contribution in [1.82, 2.24) is 9.80 Å². The summed E-state index contributed by atoms with van der Waals surface area (Å²) in [6.07, 6.45) is 2.25. The first-order valence-electron chi connectivity index (χ1n) is 8.13. The van der Waals surface area contributed by atoms with E-state index < -0.39 is 0 Å². The molecule has 3 heteroatoms. The molecule has 1 atom stereocenters. The maximum Gasteiger partial charge on any atom is 0.0307 e. The topological polar surface area (TPSA) is 32.5 Å². The number of benzene rings is 1. The number of hydrogen-bond acceptors (Lipinski definition) is 3. The van der Waals surface area contributed by atoms with Crippen LogP contribution in [0.3, 0.4) is 0 Å². The zero-order chi connectivity index (χ0) is 15.8. The van der Waals surface area contributed by atoms with Gasteiger partial charge in [-0.1, -0.05) is 36.2 Å². The Hall–Kier alpha value is -0.900. The van der Waals surface area contributed by atoms with Crippen molar-refractivity contribution < 1.29 is 0 Å². The molecule has 0 radical (unpaired) electrons. The Morgan fingerprint density at radius 1 is 1.00 bits per heavy atom. The summed E-state index contributed by atoms with van der Waals surface area (Å²) in [5, 5.41) is 0. The Balaban J connectivity index is 2.44. The van der Waals surface area contributed by atoms with Crippen LogP contribution in [0.15, 0.2) is 18.2 Å². The van der Waals surface area contributed by atoms with Crippen molar-refractivity contribution in [2.75, 3.05) is 40.3 Å². The smallest absolute Gasteiger partial charge is 0.0307 e. The molecule has 120 valence electrons. The highest BCUT2D eigenvalue weighted by Crippen LogP contribution is 2.18. The lowest BCUT2D eigenvalue weighted by Crippen LogP contribution is -2.30. The van der Waals surface area contributed by atoms with Crippen LogP contribution in [0.25, 0.3) is 0 Å². The average molecular weight is 291 g/mol. The van der Waals surface area contributed by atoms with Gasteiger partial charge in [0.2, 0.25) is 0 Å². The minimum Gasteiger partial charge on any atom is -0.324 e. The molecule has 0 heterocycles. The SMILES string of the molecule is CCN(CCCN(C)C)CCC(N)c1cc(C)cc(C)c1.